The van der Waals surface area contributed by atoms with Gasteiger partial charge in [-0.1, -0.05) is 18.2 Å². The third-order valence-electron chi connectivity index (χ3n) is 4.63. The van der Waals surface area contributed by atoms with Gasteiger partial charge < -0.3 is 24.7 Å². The number of aromatic nitrogens is 1. The highest BCUT2D eigenvalue weighted by Gasteiger charge is 2.15. The summed E-state index contributed by atoms with van der Waals surface area (Å²) in [5.41, 5.74) is 1.29. The number of guanidine groups is 1. The van der Waals surface area contributed by atoms with E-state index >= 15 is 0 Å². The van der Waals surface area contributed by atoms with Gasteiger partial charge in [0.1, 0.15) is 0 Å². The molecule has 0 radical (unpaired) electrons. The monoisotopic (exact) mass is 358 g/mol. The molecule has 2 aromatic rings. The summed E-state index contributed by atoms with van der Waals surface area (Å²) in [7, 11) is 1.81. The number of aryl methyl sites for hydroxylation is 1. The van der Waals surface area contributed by atoms with E-state index in [0.717, 1.165) is 64.7 Å². The molecule has 0 amide bonds. The van der Waals surface area contributed by atoms with Crippen LogP contribution in [0.2, 0.25) is 0 Å². The highest BCUT2D eigenvalue weighted by atomic mass is 16.5. The molecule has 0 spiro atoms. The van der Waals surface area contributed by atoms with Gasteiger partial charge in [0.15, 0.2) is 5.96 Å². The van der Waals surface area contributed by atoms with E-state index < -0.39 is 0 Å². The molecule has 3 rings (SSSR count). The van der Waals surface area contributed by atoms with E-state index in [1.165, 1.54) is 10.9 Å². The third-order valence-corrected chi connectivity index (χ3v) is 4.63. The van der Waals surface area contributed by atoms with E-state index in [0.29, 0.717) is 0 Å². The number of aliphatic imine (C=N–C) groups is 1. The van der Waals surface area contributed by atoms with Crippen LogP contribution < -0.4 is 10.6 Å². The normalized spacial score (nSPS) is 17.7. The van der Waals surface area contributed by atoms with Gasteiger partial charge in [0.05, 0.1) is 12.7 Å². The summed E-state index contributed by atoms with van der Waals surface area (Å²) in [6.07, 6.45) is 5.48. The second-order valence-electron chi connectivity index (χ2n) is 6.56. The van der Waals surface area contributed by atoms with Crippen LogP contribution in [-0.4, -0.2) is 56.6 Å². The molecule has 6 heteroatoms. The summed E-state index contributed by atoms with van der Waals surface area (Å²) in [6.45, 7) is 5.08. The Bertz CT molecular complexity index is 692. The van der Waals surface area contributed by atoms with Crippen molar-refractivity contribution in [3.8, 4) is 0 Å². The van der Waals surface area contributed by atoms with E-state index in [4.69, 9.17) is 9.47 Å². The summed E-state index contributed by atoms with van der Waals surface area (Å²) in [6, 6.07) is 10.7. The molecule has 1 unspecified atom stereocenters. The Morgan fingerprint density at radius 2 is 2.08 bits per heavy atom. The molecule has 0 bridgehead atoms. The number of benzene rings is 1. The van der Waals surface area contributed by atoms with Crippen LogP contribution in [0.25, 0.3) is 10.9 Å². The Kier molecular flexibility index (Phi) is 7.34. The zero-order chi connectivity index (χ0) is 18.0. The first-order valence-electron chi connectivity index (χ1n) is 9.54. The number of nitrogens with one attached hydrogen (secondary N) is 2. The highest BCUT2D eigenvalue weighted by Crippen LogP contribution is 2.15. The van der Waals surface area contributed by atoms with Crippen molar-refractivity contribution in [1.29, 1.82) is 0 Å². The smallest absolute Gasteiger partial charge is 0.190 e. The Morgan fingerprint density at radius 3 is 2.88 bits per heavy atom. The average Bonchev–Trinajstić information content (AvgIpc) is 3.33. The first-order chi connectivity index (χ1) is 12.9. The number of fused-ring (bicyclic) bond motifs is 1. The first kappa shape index (κ1) is 18.7. The summed E-state index contributed by atoms with van der Waals surface area (Å²) < 4.78 is 13.4. The van der Waals surface area contributed by atoms with Crippen LogP contribution in [0.4, 0.5) is 0 Å². The number of hydrogen-bond acceptors (Lipinski definition) is 3. The highest BCUT2D eigenvalue weighted by molar-refractivity contribution is 5.80. The van der Waals surface area contributed by atoms with Gasteiger partial charge in [-0.3, -0.25) is 4.99 Å². The van der Waals surface area contributed by atoms with Gasteiger partial charge in [-0.25, -0.2) is 0 Å². The number of nitrogens with zero attached hydrogens (tertiary/aromatic N) is 2. The lowest BCUT2D eigenvalue weighted by molar-refractivity contribution is 0.0420. The van der Waals surface area contributed by atoms with Crippen molar-refractivity contribution < 1.29 is 9.47 Å². The fourth-order valence-electron chi connectivity index (χ4n) is 3.19. The molecule has 1 aliphatic heterocycles. The molecule has 1 aromatic carbocycles. The van der Waals surface area contributed by atoms with Crippen LogP contribution in [-0.2, 0) is 16.0 Å². The van der Waals surface area contributed by atoms with Crippen molar-refractivity contribution in [2.45, 2.75) is 31.9 Å². The molecule has 26 heavy (non-hydrogen) atoms. The van der Waals surface area contributed by atoms with Crippen molar-refractivity contribution in [3.05, 3.63) is 36.5 Å². The van der Waals surface area contributed by atoms with Crippen molar-refractivity contribution in [2.75, 3.05) is 40.0 Å². The minimum absolute atomic E-state index is 0.289. The molecule has 1 aliphatic rings. The summed E-state index contributed by atoms with van der Waals surface area (Å²) in [5.74, 6) is 0.853. The quantitative estimate of drug-likeness (QED) is 0.411. The largest absolute Gasteiger partial charge is 0.379 e. The zero-order valence-electron chi connectivity index (χ0n) is 15.6. The summed E-state index contributed by atoms with van der Waals surface area (Å²) in [4.78, 5) is 4.27. The Labute approximate surface area is 155 Å². The topological polar surface area (TPSA) is 59.8 Å². The van der Waals surface area contributed by atoms with Crippen LogP contribution in [0.1, 0.15) is 19.3 Å². The molecule has 142 valence electrons. The number of rotatable bonds is 9. The Balaban J connectivity index is 1.28. The minimum Gasteiger partial charge on any atom is -0.379 e. The van der Waals surface area contributed by atoms with Gasteiger partial charge in [-0.15, -0.1) is 0 Å². The van der Waals surface area contributed by atoms with Gasteiger partial charge in [0, 0.05) is 51.6 Å². The van der Waals surface area contributed by atoms with Crippen molar-refractivity contribution in [2.24, 2.45) is 4.99 Å². The van der Waals surface area contributed by atoms with Crippen LogP contribution in [0.5, 0.6) is 0 Å². The Morgan fingerprint density at radius 1 is 1.23 bits per heavy atom. The van der Waals surface area contributed by atoms with E-state index in [1.54, 1.807) is 7.05 Å². The van der Waals surface area contributed by atoms with Crippen LogP contribution in [0, 0.1) is 0 Å². The molecule has 2 heterocycles. The number of ether oxygens (including phenoxy) is 2. The van der Waals surface area contributed by atoms with Gasteiger partial charge >= 0.3 is 0 Å². The SMILES string of the molecule is CN=C(NCCCOC1CCOC1)NCCCn1ccc2ccccc21. The fourth-order valence-corrected chi connectivity index (χ4v) is 3.19. The number of para-hydroxylation sites is 1. The molecule has 1 aromatic heterocycles. The predicted molar refractivity (Wildman–Crippen MR) is 106 cm³/mol. The molecular weight excluding hydrogens is 328 g/mol. The van der Waals surface area contributed by atoms with Gasteiger partial charge in [-0.05, 0) is 36.8 Å². The lowest BCUT2D eigenvalue weighted by atomic mass is 10.2. The molecule has 0 saturated carbocycles. The van der Waals surface area contributed by atoms with Gasteiger partial charge in [0.25, 0.3) is 0 Å². The Hall–Kier alpha value is -2.05. The standard InChI is InChI=1S/C20H30N4O2/c1-21-20(23-11-5-14-26-18-9-15-25-16-18)22-10-4-12-24-13-8-17-6-2-3-7-19(17)24/h2-3,6-8,13,18H,4-5,9-12,14-16H2,1H3,(H2,21,22,23). The van der Waals surface area contributed by atoms with E-state index in [-0.39, 0.29) is 6.10 Å². The maximum atomic E-state index is 5.77. The molecule has 6 nitrogen and oxygen atoms in total. The molecule has 1 atom stereocenters. The second-order valence-corrected chi connectivity index (χ2v) is 6.56. The summed E-state index contributed by atoms with van der Waals surface area (Å²) in [5, 5.41) is 8.01. The molecule has 2 N–H and O–H groups in total. The lowest BCUT2D eigenvalue weighted by Crippen LogP contribution is -2.38. The van der Waals surface area contributed by atoms with E-state index in [2.05, 4.69) is 56.7 Å². The van der Waals surface area contributed by atoms with Crippen molar-refractivity contribution in [1.82, 2.24) is 15.2 Å². The molecular formula is C20H30N4O2. The van der Waals surface area contributed by atoms with E-state index in [1.807, 2.05) is 0 Å². The molecule has 1 saturated heterocycles. The maximum Gasteiger partial charge on any atom is 0.190 e. The van der Waals surface area contributed by atoms with Crippen molar-refractivity contribution in [3.63, 3.8) is 0 Å². The summed E-state index contributed by atoms with van der Waals surface area (Å²) >= 11 is 0. The van der Waals surface area contributed by atoms with E-state index in [9.17, 15) is 0 Å². The molecule has 0 aliphatic carbocycles. The van der Waals surface area contributed by atoms with Gasteiger partial charge in [0.2, 0.25) is 0 Å². The van der Waals surface area contributed by atoms with Crippen LogP contribution in [0.15, 0.2) is 41.5 Å². The average molecular weight is 358 g/mol. The molecule has 1 fully saturated rings. The second kappa shape index (κ2) is 10.2. The third kappa shape index (κ3) is 5.47. The minimum atomic E-state index is 0.289. The van der Waals surface area contributed by atoms with Crippen LogP contribution in [0.3, 0.4) is 0 Å². The number of hydrogen-bond donors (Lipinski definition) is 2. The van der Waals surface area contributed by atoms with Gasteiger partial charge in [-0.2, -0.15) is 0 Å². The van der Waals surface area contributed by atoms with Crippen LogP contribution >= 0.6 is 0 Å². The zero-order valence-corrected chi connectivity index (χ0v) is 15.6. The maximum absolute atomic E-state index is 5.77. The van der Waals surface area contributed by atoms with Crippen molar-refractivity contribution >= 4 is 16.9 Å². The predicted octanol–water partition coefficient (Wildman–Crippen LogP) is 2.39. The fraction of sp³-hybridized carbons (Fsp3) is 0.550. The first-order valence-corrected chi connectivity index (χ1v) is 9.54. The lowest BCUT2D eigenvalue weighted by Gasteiger charge is -2.13.